The predicted octanol–water partition coefficient (Wildman–Crippen LogP) is 2.19. The van der Waals surface area contributed by atoms with Crippen LogP contribution in [0.5, 0.6) is 0 Å². The lowest BCUT2D eigenvalue weighted by molar-refractivity contribution is -0.384. The van der Waals surface area contributed by atoms with Crippen LogP contribution in [0.25, 0.3) is 0 Å². The smallest absolute Gasteiger partial charge is 0.410 e. The van der Waals surface area contributed by atoms with E-state index in [2.05, 4.69) is 17.9 Å². The Morgan fingerprint density at radius 1 is 1.20 bits per heavy atom. The molecular weight excluding hydrogens is 506 g/mol. The third-order valence-corrected chi connectivity index (χ3v) is 6.25. The second-order valence-electron chi connectivity index (χ2n) is 7.55. The van der Waals surface area contributed by atoms with Crippen LogP contribution < -0.4 is 5.32 Å². The molecule has 0 aromatic heterocycles. The second kappa shape index (κ2) is 10.3. The van der Waals surface area contributed by atoms with E-state index in [9.17, 15) is 42.6 Å². The summed E-state index contributed by atoms with van der Waals surface area (Å²) in [6, 6.07) is 6.89. The van der Waals surface area contributed by atoms with E-state index in [1.165, 1.54) is 24.3 Å². The van der Waals surface area contributed by atoms with E-state index < -0.39 is 49.5 Å². The molecule has 3 rings (SSSR count). The fourth-order valence-electron chi connectivity index (χ4n) is 3.38. The summed E-state index contributed by atoms with van der Waals surface area (Å²) < 4.78 is 37.4. The number of non-ortho nitro benzene ring substituents is 1. The Morgan fingerprint density at radius 2 is 1.86 bits per heavy atom. The molecule has 186 valence electrons. The quantitative estimate of drug-likeness (QED) is 0.180. The van der Waals surface area contributed by atoms with Crippen molar-refractivity contribution >= 4 is 52.1 Å². The molecule has 15 heteroatoms. The Kier molecular flexibility index (Phi) is 7.62. The molecule has 1 aliphatic rings. The number of carboxylic acids is 1. The number of aromatic carboxylic acids is 1. The van der Waals surface area contributed by atoms with Crippen molar-refractivity contribution < 1.29 is 42.1 Å². The molecule has 1 fully saturated rings. The van der Waals surface area contributed by atoms with Gasteiger partial charge in [-0.2, -0.15) is 21.0 Å². The number of hydrogen-bond acceptors (Lipinski definition) is 9. The van der Waals surface area contributed by atoms with Crippen molar-refractivity contribution in [3.63, 3.8) is 0 Å². The van der Waals surface area contributed by atoms with Crippen molar-refractivity contribution in [1.82, 2.24) is 4.90 Å². The molecule has 3 N–H and O–H groups in total. The molecule has 0 spiro atoms. The number of thiol groups is 1. The van der Waals surface area contributed by atoms with Gasteiger partial charge in [0.1, 0.15) is 12.6 Å². The number of carbonyl (C=O) groups is 3. The summed E-state index contributed by atoms with van der Waals surface area (Å²) in [6.45, 7) is -0.150. The van der Waals surface area contributed by atoms with Crippen molar-refractivity contribution in [1.29, 1.82) is 0 Å². The average molecular weight is 526 g/mol. The number of carbonyl (C=O) groups excluding carboxylic acids is 2. The van der Waals surface area contributed by atoms with Crippen LogP contribution in [0.2, 0.25) is 0 Å². The molecule has 35 heavy (non-hydrogen) atoms. The number of benzene rings is 2. The van der Waals surface area contributed by atoms with E-state index in [1.807, 2.05) is 0 Å². The zero-order chi connectivity index (χ0) is 25.9. The molecule has 2 aromatic carbocycles. The maximum absolute atomic E-state index is 12.9. The zero-order valence-electron chi connectivity index (χ0n) is 17.7. The number of nitro groups is 1. The van der Waals surface area contributed by atoms with Crippen LogP contribution in [0, 0.1) is 10.1 Å². The molecule has 0 aliphatic carbocycles. The lowest BCUT2D eigenvalue weighted by Gasteiger charge is -2.23. The summed E-state index contributed by atoms with van der Waals surface area (Å²) in [4.78, 5) is 47.3. The van der Waals surface area contributed by atoms with Gasteiger partial charge in [0.05, 0.1) is 15.4 Å². The fraction of sp³-hybridized carbons (Fsp3) is 0.250. The molecule has 1 heterocycles. The first-order valence-electron chi connectivity index (χ1n) is 9.86. The van der Waals surface area contributed by atoms with Crippen LogP contribution in [-0.2, 0) is 26.3 Å². The molecule has 1 aliphatic heterocycles. The highest BCUT2D eigenvalue weighted by Gasteiger charge is 2.39. The number of nitro benzene ring substituents is 1. The van der Waals surface area contributed by atoms with Crippen LogP contribution >= 0.6 is 12.6 Å². The van der Waals surface area contributed by atoms with Crippen molar-refractivity contribution in [2.75, 3.05) is 11.9 Å². The molecule has 2 atom stereocenters. The van der Waals surface area contributed by atoms with Gasteiger partial charge in [0, 0.05) is 29.6 Å². The maximum Gasteiger partial charge on any atom is 0.410 e. The van der Waals surface area contributed by atoms with Crippen molar-refractivity contribution in [3.05, 3.63) is 63.7 Å². The molecule has 0 unspecified atom stereocenters. The summed E-state index contributed by atoms with van der Waals surface area (Å²) in [5.74, 6) is -2.24. The van der Waals surface area contributed by atoms with Gasteiger partial charge in [-0.15, -0.1) is 0 Å². The summed E-state index contributed by atoms with van der Waals surface area (Å²) in [5.41, 5.74) is -0.356. The third kappa shape index (κ3) is 6.46. The third-order valence-electron chi connectivity index (χ3n) is 5.04. The molecule has 13 nitrogen and oxygen atoms in total. The number of hydrogen-bond donors (Lipinski definition) is 4. The highest BCUT2D eigenvalue weighted by atomic mass is 32.2. The minimum absolute atomic E-state index is 0.0612. The van der Waals surface area contributed by atoms with E-state index in [4.69, 9.17) is 4.74 Å². The number of nitrogens with one attached hydrogen (secondary N) is 1. The first-order chi connectivity index (χ1) is 16.3. The number of anilines is 1. The predicted molar refractivity (Wildman–Crippen MR) is 123 cm³/mol. The van der Waals surface area contributed by atoms with Crippen molar-refractivity contribution in [2.24, 2.45) is 0 Å². The Bertz CT molecular complexity index is 1280. The minimum atomic E-state index is -4.76. The standard InChI is InChI=1S/C20H19N3O10S2/c24-18(21-13-5-12(19(25)26)6-16(7-13)35(30,31)32)17-8-15(34)9-22(17)20(27)33-10-11-1-3-14(4-2-11)23(28)29/h1-7,15,17,34H,8-10H2,(H,21,24)(H,25,26)(H,30,31,32)/t15-,17-/m0/s1. The van der Waals surface area contributed by atoms with E-state index in [0.29, 0.717) is 5.56 Å². The number of likely N-dealkylation sites (tertiary alicyclic amines) is 1. The first kappa shape index (κ1) is 25.9. The Hall–Kier alpha value is -3.69. The van der Waals surface area contributed by atoms with Gasteiger partial charge < -0.3 is 15.2 Å². The molecule has 2 aromatic rings. The Labute approximate surface area is 204 Å². The van der Waals surface area contributed by atoms with E-state index in [-0.39, 0.29) is 36.2 Å². The van der Waals surface area contributed by atoms with Crippen molar-refractivity contribution in [2.45, 2.75) is 29.2 Å². The SMILES string of the molecule is O=C(O)c1cc(NC(=O)[C@@H]2C[C@H](S)CN2C(=O)OCc2ccc([N+](=O)[O-])cc2)cc(S(=O)(=O)O)c1. The monoisotopic (exact) mass is 525 g/mol. The van der Waals surface area contributed by atoms with Gasteiger partial charge in [-0.05, 0) is 42.3 Å². The molecule has 1 saturated heterocycles. The first-order valence-corrected chi connectivity index (χ1v) is 11.8. The number of carboxylic acid groups (broad SMARTS) is 1. The number of rotatable bonds is 7. The van der Waals surface area contributed by atoms with Gasteiger partial charge in [0.25, 0.3) is 15.8 Å². The normalized spacial score (nSPS) is 17.6. The molecular formula is C20H19N3O10S2. The van der Waals surface area contributed by atoms with Gasteiger partial charge in [0.2, 0.25) is 5.91 Å². The Morgan fingerprint density at radius 3 is 2.43 bits per heavy atom. The van der Waals surface area contributed by atoms with E-state index >= 15 is 0 Å². The van der Waals surface area contributed by atoms with Crippen LogP contribution in [0.4, 0.5) is 16.2 Å². The zero-order valence-corrected chi connectivity index (χ0v) is 19.4. The molecule has 0 saturated carbocycles. The minimum Gasteiger partial charge on any atom is -0.478 e. The summed E-state index contributed by atoms with van der Waals surface area (Å²) >= 11 is 4.31. The Balaban J connectivity index is 1.73. The number of ether oxygens (including phenoxy) is 1. The lowest BCUT2D eigenvalue weighted by Crippen LogP contribution is -2.43. The lowest BCUT2D eigenvalue weighted by atomic mass is 10.1. The van der Waals surface area contributed by atoms with Gasteiger partial charge in [0.15, 0.2) is 0 Å². The van der Waals surface area contributed by atoms with E-state index in [0.717, 1.165) is 23.1 Å². The number of amides is 2. The van der Waals surface area contributed by atoms with Gasteiger partial charge in [-0.3, -0.25) is 24.4 Å². The summed E-state index contributed by atoms with van der Waals surface area (Å²) in [7, 11) is -4.76. The summed E-state index contributed by atoms with van der Waals surface area (Å²) in [6.07, 6.45) is -0.719. The van der Waals surface area contributed by atoms with Crippen LogP contribution in [0.15, 0.2) is 47.4 Å². The molecule has 0 bridgehead atoms. The molecule has 2 amide bonds. The molecule has 0 radical (unpaired) electrons. The van der Waals surface area contributed by atoms with E-state index in [1.54, 1.807) is 0 Å². The van der Waals surface area contributed by atoms with Gasteiger partial charge >= 0.3 is 12.1 Å². The van der Waals surface area contributed by atoms with Crippen LogP contribution in [0.3, 0.4) is 0 Å². The topological polar surface area (TPSA) is 193 Å². The average Bonchev–Trinajstić information content (AvgIpc) is 3.19. The highest BCUT2D eigenvalue weighted by molar-refractivity contribution is 7.85. The van der Waals surface area contributed by atoms with Crippen molar-refractivity contribution in [3.8, 4) is 0 Å². The van der Waals surface area contributed by atoms with Gasteiger partial charge in [-0.1, -0.05) is 0 Å². The maximum atomic E-state index is 12.9. The van der Waals surface area contributed by atoms with Gasteiger partial charge in [-0.25, -0.2) is 9.59 Å². The van der Waals surface area contributed by atoms with Crippen LogP contribution in [-0.4, -0.2) is 63.7 Å². The fourth-order valence-corrected chi connectivity index (χ4v) is 4.30. The highest BCUT2D eigenvalue weighted by Crippen LogP contribution is 2.26. The van der Waals surface area contributed by atoms with Crippen LogP contribution in [0.1, 0.15) is 22.3 Å². The summed E-state index contributed by atoms with van der Waals surface area (Å²) in [5, 5.41) is 21.9. The second-order valence-corrected chi connectivity index (χ2v) is 9.70. The largest absolute Gasteiger partial charge is 0.478 e. The number of nitrogens with zero attached hydrogens (tertiary/aromatic N) is 2.